The Morgan fingerprint density at radius 3 is 2.46 bits per heavy atom. The van der Waals surface area contributed by atoms with Gasteiger partial charge < -0.3 is 15.1 Å². The van der Waals surface area contributed by atoms with Crippen molar-refractivity contribution < 1.29 is 14.0 Å². The van der Waals surface area contributed by atoms with Crippen LogP contribution in [0.2, 0.25) is 0 Å². The molecule has 0 radical (unpaired) electrons. The van der Waals surface area contributed by atoms with Gasteiger partial charge in [0.05, 0.1) is 19.2 Å². The van der Waals surface area contributed by atoms with Gasteiger partial charge in [-0.15, -0.1) is 0 Å². The smallest absolute Gasteiger partial charge is 0.242 e. The maximum Gasteiger partial charge on any atom is 0.242 e. The lowest BCUT2D eigenvalue weighted by atomic mass is 10.0. The lowest BCUT2D eigenvalue weighted by Crippen LogP contribution is -2.47. The molecule has 0 saturated heterocycles. The van der Waals surface area contributed by atoms with E-state index in [4.69, 9.17) is 4.42 Å². The fourth-order valence-electron chi connectivity index (χ4n) is 2.44. The maximum absolute atomic E-state index is 12.4. The third-order valence-corrected chi connectivity index (χ3v) is 3.58. The maximum atomic E-state index is 12.4. The second kappa shape index (κ2) is 8.91. The van der Waals surface area contributed by atoms with Gasteiger partial charge in [-0.25, -0.2) is 0 Å². The van der Waals surface area contributed by atoms with Gasteiger partial charge in [0.15, 0.2) is 0 Å². The molecule has 2 N–H and O–H groups in total. The highest BCUT2D eigenvalue weighted by Gasteiger charge is 2.22. The average Bonchev–Trinajstić information content (AvgIpc) is 3.06. The van der Waals surface area contributed by atoms with E-state index in [0.717, 1.165) is 5.56 Å². The molecule has 0 bridgehead atoms. The molecule has 5 nitrogen and oxygen atoms in total. The molecule has 1 heterocycles. The van der Waals surface area contributed by atoms with Gasteiger partial charge in [-0.05, 0) is 30.0 Å². The minimum Gasteiger partial charge on any atom is -0.467 e. The molecule has 2 aromatic rings. The van der Waals surface area contributed by atoms with E-state index in [9.17, 15) is 9.59 Å². The zero-order valence-electron chi connectivity index (χ0n) is 14.1. The molecule has 1 aromatic carbocycles. The molecular weight excluding hydrogens is 304 g/mol. The summed E-state index contributed by atoms with van der Waals surface area (Å²) in [5, 5.41) is 5.66. The summed E-state index contributed by atoms with van der Waals surface area (Å²) < 4.78 is 5.20. The second-order valence-electron chi connectivity index (χ2n) is 6.21. The van der Waals surface area contributed by atoms with Crippen molar-refractivity contribution in [3.05, 3.63) is 60.1 Å². The topological polar surface area (TPSA) is 71.3 Å². The highest BCUT2D eigenvalue weighted by molar-refractivity contribution is 5.88. The number of carbonyl (C=O) groups is 2. The first-order valence-corrected chi connectivity index (χ1v) is 8.18. The minimum absolute atomic E-state index is 0.153. The fraction of sp³-hybridized carbons (Fsp3) is 0.368. The Balaban J connectivity index is 1.91. The monoisotopic (exact) mass is 328 g/mol. The van der Waals surface area contributed by atoms with Crippen LogP contribution in [0.4, 0.5) is 0 Å². The first-order chi connectivity index (χ1) is 11.5. The summed E-state index contributed by atoms with van der Waals surface area (Å²) in [6.45, 7) is 4.36. The van der Waals surface area contributed by atoms with E-state index in [1.165, 1.54) is 0 Å². The Kier molecular flexibility index (Phi) is 6.61. The molecule has 0 aliphatic heterocycles. The molecule has 0 spiro atoms. The molecule has 0 saturated carbocycles. The van der Waals surface area contributed by atoms with Gasteiger partial charge in [0.1, 0.15) is 11.8 Å². The molecule has 0 aliphatic rings. The molecule has 2 amide bonds. The van der Waals surface area contributed by atoms with E-state index < -0.39 is 6.04 Å². The average molecular weight is 328 g/mol. The van der Waals surface area contributed by atoms with E-state index in [1.807, 2.05) is 44.2 Å². The third-order valence-electron chi connectivity index (χ3n) is 3.58. The summed E-state index contributed by atoms with van der Waals surface area (Å²) in [6.07, 6.45) is 2.42. The Hall–Kier alpha value is -2.56. The van der Waals surface area contributed by atoms with Gasteiger partial charge in [-0.1, -0.05) is 44.2 Å². The van der Waals surface area contributed by atoms with Crippen LogP contribution in [-0.2, 0) is 22.6 Å². The number of benzene rings is 1. The zero-order chi connectivity index (χ0) is 17.4. The predicted molar refractivity (Wildman–Crippen MR) is 92.1 cm³/mol. The van der Waals surface area contributed by atoms with Gasteiger partial charge in [0.25, 0.3) is 0 Å². The van der Waals surface area contributed by atoms with E-state index in [2.05, 4.69) is 10.6 Å². The molecule has 128 valence electrons. The summed E-state index contributed by atoms with van der Waals surface area (Å²) in [4.78, 5) is 24.6. The first-order valence-electron chi connectivity index (χ1n) is 8.18. The molecule has 24 heavy (non-hydrogen) atoms. The third kappa shape index (κ3) is 5.91. The molecule has 0 unspecified atom stereocenters. The van der Waals surface area contributed by atoms with Gasteiger partial charge in [-0.3, -0.25) is 9.59 Å². The summed E-state index contributed by atoms with van der Waals surface area (Å²) in [5.74, 6) is 0.630. The van der Waals surface area contributed by atoms with Crippen molar-refractivity contribution in [3.8, 4) is 0 Å². The molecule has 2 rings (SSSR count). The van der Waals surface area contributed by atoms with Crippen LogP contribution in [0.25, 0.3) is 0 Å². The fourth-order valence-corrected chi connectivity index (χ4v) is 2.44. The highest BCUT2D eigenvalue weighted by atomic mass is 16.3. The van der Waals surface area contributed by atoms with E-state index >= 15 is 0 Å². The SMILES string of the molecule is CC(C)C[C@@H](NC(=O)Cc1ccccc1)C(=O)NCc1ccco1. The van der Waals surface area contributed by atoms with Crippen molar-refractivity contribution in [1.82, 2.24) is 10.6 Å². The number of hydrogen-bond acceptors (Lipinski definition) is 3. The summed E-state index contributed by atoms with van der Waals surface area (Å²) >= 11 is 0. The predicted octanol–water partition coefficient (Wildman–Crippen LogP) is 2.67. The van der Waals surface area contributed by atoms with Crippen LogP contribution in [0, 0.1) is 5.92 Å². The number of amides is 2. The van der Waals surface area contributed by atoms with E-state index in [-0.39, 0.29) is 18.2 Å². The minimum atomic E-state index is -0.545. The van der Waals surface area contributed by atoms with Crippen molar-refractivity contribution in [2.45, 2.75) is 39.3 Å². The van der Waals surface area contributed by atoms with Crippen LogP contribution in [0.5, 0.6) is 0 Å². The Labute approximate surface area is 142 Å². The van der Waals surface area contributed by atoms with Crippen molar-refractivity contribution >= 4 is 11.8 Å². The molecule has 1 atom stereocenters. The standard InChI is InChI=1S/C19H24N2O3/c1-14(2)11-17(19(23)20-13-16-9-6-10-24-16)21-18(22)12-15-7-4-3-5-8-15/h3-10,14,17H,11-13H2,1-2H3,(H,20,23)(H,21,22)/t17-/m1/s1. The Morgan fingerprint density at radius 1 is 1.08 bits per heavy atom. The first kappa shape index (κ1) is 17.8. The van der Waals surface area contributed by atoms with Crippen LogP contribution < -0.4 is 10.6 Å². The number of furan rings is 1. The summed E-state index contributed by atoms with van der Waals surface area (Å²) in [6, 6.07) is 12.5. The highest BCUT2D eigenvalue weighted by Crippen LogP contribution is 2.07. The van der Waals surface area contributed by atoms with Crippen molar-refractivity contribution in [2.75, 3.05) is 0 Å². The lowest BCUT2D eigenvalue weighted by molar-refractivity contribution is -0.129. The van der Waals surface area contributed by atoms with Crippen LogP contribution >= 0.6 is 0 Å². The molecular formula is C19H24N2O3. The summed E-state index contributed by atoms with van der Waals surface area (Å²) in [7, 11) is 0. The molecule has 1 aromatic heterocycles. The lowest BCUT2D eigenvalue weighted by Gasteiger charge is -2.20. The Bertz CT molecular complexity index is 636. The zero-order valence-corrected chi connectivity index (χ0v) is 14.1. The normalized spacial score (nSPS) is 12.0. The van der Waals surface area contributed by atoms with Crippen molar-refractivity contribution in [2.24, 2.45) is 5.92 Å². The van der Waals surface area contributed by atoms with Crippen LogP contribution in [-0.4, -0.2) is 17.9 Å². The quantitative estimate of drug-likeness (QED) is 0.782. The number of hydrogen-bond donors (Lipinski definition) is 2. The van der Waals surface area contributed by atoms with Crippen molar-refractivity contribution in [1.29, 1.82) is 0 Å². The van der Waals surface area contributed by atoms with E-state index in [1.54, 1.807) is 18.4 Å². The van der Waals surface area contributed by atoms with Gasteiger partial charge >= 0.3 is 0 Å². The van der Waals surface area contributed by atoms with E-state index in [0.29, 0.717) is 24.6 Å². The molecule has 0 fully saturated rings. The summed E-state index contributed by atoms with van der Waals surface area (Å²) in [5.41, 5.74) is 0.925. The Morgan fingerprint density at radius 2 is 1.83 bits per heavy atom. The second-order valence-corrected chi connectivity index (χ2v) is 6.21. The number of carbonyl (C=O) groups excluding carboxylic acids is 2. The largest absolute Gasteiger partial charge is 0.467 e. The van der Waals surface area contributed by atoms with Gasteiger partial charge in [0, 0.05) is 0 Å². The number of nitrogens with one attached hydrogen (secondary N) is 2. The van der Waals surface area contributed by atoms with Gasteiger partial charge in [-0.2, -0.15) is 0 Å². The molecule has 5 heteroatoms. The molecule has 0 aliphatic carbocycles. The van der Waals surface area contributed by atoms with Crippen LogP contribution in [0.3, 0.4) is 0 Å². The van der Waals surface area contributed by atoms with Crippen LogP contribution in [0.1, 0.15) is 31.6 Å². The van der Waals surface area contributed by atoms with Gasteiger partial charge in [0.2, 0.25) is 11.8 Å². The number of rotatable bonds is 8. The van der Waals surface area contributed by atoms with Crippen LogP contribution in [0.15, 0.2) is 53.1 Å². The van der Waals surface area contributed by atoms with Crippen molar-refractivity contribution in [3.63, 3.8) is 0 Å².